The van der Waals surface area contributed by atoms with Crippen LogP contribution in [0.1, 0.15) is 18.4 Å². The van der Waals surface area contributed by atoms with Gasteiger partial charge in [-0.3, -0.25) is 0 Å². The first kappa shape index (κ1) is 17.2. The molecule has 1 fully saturated rings. The molecule has 1 heterocycles. The van der Waals surface area contributed by atoms with Crippen molar-refractivity contribution in [3.63, 3.8) is 0 Å². The first-order chi connectivity index (χ1) is 11.7. The molecule has 0 aliphatic carbocycles. The van der Waals surface area contributed by atoms with Crippen molar-refractivity contribution in [3.8, 4) is 0 Å². The summed E-state index contributed by atoms with van der Waals surface area (Å²) in [7, 11) is 0. The SMILES string of the molecule is S=C(Nc1ccc(Cl)cc1)N(Cc1ccccc1)C[C@H]1CCCO1. The fraction of sp³-hybridized carbons (Fsp3) is 0.316. The lowest BCUT2D eigenvalue weighted by molar-refractivity contribution is 0.0905. The summed E-state index contributed by atoms with van der Waals surface area (Å²) in [5, 5.41) is 4.73. The fourth-order valence-corrected chi connectivity index (χ4v) is 3.18. The minimum atomic E-state index is 0.249. The third-order valence-electron chi connectivity index (χ3n) is 4.05. The second-order valence-corrected chi connectivity index (χ2v) is 6.76. The minimum absolute atomic E-state index is 0.249. The molecule has 24 heavy (non-hydrogen) atoms. The summed E-state index contributed by atoms with van der Waals surface area (Å²) >= 11 is 11.6. The standard InChI is InChI=1S/C19H21ClN2OS/c20-16-8-10-17(11-9-16)21-19(24)22(14-18-7-4-12-23-18)13-15-5-2-1-3-6-15/h1-3,5-6,8-11,18H,4,7,12-14H2,(H,21,24)/t18-/m1/s1. The largest absolute Gasteiger partial charge is 0.376 e. The van der Waals surface area contributed by atoms with E-state index in [0.29, 0.717) is 10.1 Å². The van der Waals surface area contributed by atoms with Crippen LogP contribution in [0.3, 0.4) is 0 Å². The van der Waals surface area contributed by atoms with E-state index in [1.807, 2.05) is 30.3 Å². The number of nitrogens with zero attached hydrogens (tertiary/aromatic N) is 1. The van der Waals surface area contributed by atoms with Gasteiger partial charge in [0, 0.05) is 30.4 Å². The molecule has 2 aromatic carbocycles. The van der Waals surface area contributed by atoms with Gasteiger partial charge in [0.05, 0.1) is 6.10 Å². The Kier molecular flexibility index (Phi) is 6.07. The first-order valence-corrected chi connectivity index (χ1v) is 8.96. The maximum absolute atomic E-state index is 5.94. The Hall–Kier alpha value is -1.62. The quantitative estimate of drug-likeness (QED) is 0.780. The van der Waals surface area contributed by atoms with Gasteiger partial charge in [0.15, 0.2) is 5.11 Å². The predicted molar refractivity (Wildman–Crippen MR) is 103 cm³/mol. The highest BCUT2D eigenvalue weighted by atomic mass is 35.5. The molecule has 2 aromatic rings. The molecule has 1 aliphatic heterocycles. The molecule has 1 saturated heterocycles. The normalized spacial score (nSPS) is 16.8. The van der Waals surface area contributed by atoms with Crippen LogP contribution in [0.15, 0.2) is 54.6 Å². The van der Waals surface area contributed by atoms with Crippen molar-refractivity contribution in [1.82, 2.24) is 4.90 Å². The summed E-state index contributed by atoms with van der Waals surface area (Å²) in [4.78, 5) is 2.18. The number of thiocarbonyl (C=S) groups is 1. The van der Waals surface area contributed by atoms with Gasteiger partial charge in [-0.05, 0) is 54.9 Å². The Balaban J connectivity index is 1.69. The lowest BCUT2D eigenvalue weighted by Crippen LogP contribution is -2.39. The smallest absolute Gasteiger partial charge is 0.173 e. The molecule has 1 atom stereocenters. The molecule has 0 saturated carbocycles. The Labute approximate surface area is 153 Å². The molecular formula is C19H21ClN2OS. The van der Waals surface area contributed by atoms with Crippen LogP contribution in [0.4, 0.5) is 5.69 Å². The molecule has 0 aromatic heterocycles. The molecule has 5 heteroatoms. The van der Waals surface area contributed by atoms with Crippen molar-refractivity contribution in [1.29, 1.82) is 0 Å². The molecule has 1 N–H and O–H groups in total. The Morgan fingerprint density at radius 2 is 1.92 bits per heavy atom. The first-order valence-electron chi connectivity index (χ1n) is 8.18. The lowest BCUT2D eigenvalue weighted by atomic mass is 10.2. The topological polar surface area (TPSA) is 24.5 Å². The Morgan fingerprint density at radius 3 is 2.58 bits per heavy atom. The second-order valence-electron chi connectivity index (χ2n) is 5.94. The van der Waals surface area contributed by atoms with Crippen molar-refractivity contribution >= 4 is 34.6 Å². The van der Waals surface area contributed by atoms with E-state index in [1.54, 1.807) is 0 Å². The van der Waals surface area contributed by atoms with E-state index < -0.39 is 0 Å². The van der Waals surface area contributed by atoms with Crippen LogP contribution in [0.2, 0.25) is 5.02 Å². The predicted octanol–water partition coefficient (Wildman–Crippen LogP) is 4.72. The van der Waals surface area contributed by atoms with Crippen LogP contribution in [0.25, 0.3) is 0 Å². The highest BCUT2D eigenvalue weighted by Crippen LogP contribution is 2.18. The van der Waals surface area contributed by atoms with E-state index in [2.05, 4.69) is 34.5 Å². The molecule has 1 aliphatic rings. The zero-order valence-corrected chi connectivity index (χ0v) is 15.0. The maximum atomic E-state index is 5.94. The summed E-state index contributed by atoms with van der Waals surface area (Å²) in [6.07, 6.45) is 2.47. The van der Waals surface area contributed by atoms with Crippen LogP contribution in [0, 0.1) is 0 Å². The van der Waals surface area contributed by atoms with Crippen molar-refractivity contribution in [2.24, 2.45) is 0 Å². The van der Waals surface area contributed by atoms with Gasteiger partial charge < -0.3 is 15.0 Å². The van der Waals surface area contributed by atoms with Crippen LogP contribution in [0.5, 0.6) is 0 Å². The third kappa shape index (κ3) is 4.94. The van der Waals surface area contributed by atoms with E-state index in [9.17, 15) is 0 Å². The van der Waals surface area contributed by atoms with Gasteiger partial charge in [0.1, 0.15) is 0 Å². The van der Waals surface area contributed by atoms with Crippen LogP contribution < -0.4 is 5.32 Å². The molecule has 0 amide bonds. The number of ether oxygens (including phenoxy) is 1. The summed E-state index contributed by atoms with van der Waals surface area (Å²) in [5.41, 5.74) is 2.17. The summed E-state index contributed by atoms with van der Waals surface area (Å²) in [6.45, 7) is 2.41. The third-order valence-corrected chi connectivity index (χ3v) is 4.66. The van der Waals surface area contributed by atoms with E-state index in [1.165, 1.54) is 5.56 Å². The molecule has 0 spiro atoms. The van der Waals surface area contributed by atoms with Gasteiger partial charge in [0.25, 0.3) is 0 Å². The molecule has 3 rings (SSSR count). The minimum Gasteiger partial charge on any atom is -0.376 e. The summed E-state index contributed by atoms with van der Waals surface area (Å²) in [6, 6.07) is 17.9. The van der Waals surface area contributed by atoms with E-state index in [4.69, 9.17) is 28.6 Å². The number of hydrogen-bond acceptors (Lipinski definition) is 2. The lowest BCUT2D eigenvalue weighted by Gasteiger charge is -2.28. The van der Waals surface area contributed by atoms with Gasteiger partial charge in [0.2, 0.25) is 0 Å². The van der Waals surface area contributed by atoms with Gasteiger partial charge in [-0.15, -0.1) is 0 Å². The Bertz CT molecular complexity index is 657. The molecule has 3 nitrogen and oxygen atoms in total. The maximum Gasteiger partial charge on any atom is 0.173 e. The van der Waals surface area contributed by atoms with Crippen molar-refractivity contribution in [3.05, 3.63) is 65.2 Å². The van der Waals surface area contributed by atoms with Crippen molar-refractivity contribution in [2.75, 3.05) is 18.5 Å². The number of halogens is 1. The molecule has 0 bridgehead atoms. The van der Waals surface area contributed by atoms with E-state index in [-0.39, 0.29) is 6.10 Å². The van der Waals surface area contributed by atoms with Crippen molar-refractivity contribution in [2.45, 2.75) is 25.5 Å². The number of nitrogens with one attached hydrogen (secondary N) is 1. The van der Waals surface area contributed by atoms with E-state index >= 15 is 0 Å². The number of benzene rings is 2. The van der Waals surface area contributed by atoms with E-state index in [0.717, 1.165) is 38.2 Å². The molecule has 126 valence electrons. The monoisotopic (exact) mass is 360 g/mol. The highest BCUT2D eigenvalue weighted by molar-refractivity contribution is 7.80. The number of anilines is 1. The van der Waals surface area contributed by atoms with Crippen LogP contribution in [-0.4, -0.2) is 29.3 Å². The van der Waals surface area contributed by atoms with Crippen molar-refractivity contribution < 1.29 is 4.74 Å². The van der Waals surface area contributed by atoms with Crippen LogP contribution >= 0.6 is 23.8 Å². The molecule has 0 radical (unpaired) electrons. The molecule has 0 unspecified atom stereocenters. The van der Waals surface area contributed by atoms with Gasteiger partial charge in [-0.1, -0.05) is 41.9 Å². The number of hydrogen-bond donors (Lipinski definition) is 1. The second kappa shape index (κ2) is 8.47. The Morgan fingerprint density at radius 1 is 1.17 bits per heavy atom. The van der Waals surface area contributed by atoms with Gasteiger partial charge in [-0.25, -0.2) is 0 Å². The summed E-state index contributed by atoms with van der Waals surface area (Å²) in [5.74, 6) is 0. The number of rotatable bonds is 5. The van der Waals surface area contributed by atoms with Gasteiger partial charge in [-0.2, -0.15) is 0 Å². The average Bonchev–Trinajstić information content (AvgIpc) is 3.10. The highest BCUT2D eigenvalue weighted by Gasteiger charge is 2.21. The molecular weight excluding hydrogens is 340 g/mol. The van der Waals surface area contributed by atoms with Crippen LogP contribution in [-0.2, 0) is 11.3 Å². The fourth-order valence-electron chi connectivity index (χ4n) is 2.79. The zero-order valence-electron chi connectivity index (χ0n) is 13.5. The summed E-state index contributed by atoms with van der Waals surface area (Å²) < 4.78 is 5.79. The zero-order chi connectivity index (χ0) is 16.8. The average molecular weight is 361 g/mol. The van der Waals surface area contributed by atoms with Gasteiger partial charge >= 0.3 is 0 Å².